The third-order valence-electron chi connectivity index (χ3n) is 8.73. The SMILES string of the molecule is C[C@]12CCC(=O)C[C@H]1CC[C@@H]1[C@@H]2C(=O)C[C@@]2(C)[C@H]1CC[C@]2(C)O. The van der Waals surface area contributed by atoms with Crippen LogP contribution in [-0.4, -0.2) is 22.3 Å². The highest BCUT2D eigenvalue weighted by atomic mass is 16.3. The number of hydrogen-bond donors (Lipinski definition) is 1. The van der Waals surface area contributed by atoms with Crippen LogP contribution in [0, 0.1) is 34.5 Å². The van der Waals surface area contributed by atoms with Gasteiger partial charge in [0.05, 0.1) is 5.60 Å². The number of ketones is 2. The average Bonchev–Trinajstić information content (AvgIpc) is 2.69. The van der Waals surface area contributed by atoms with E-state index in [1.165, 1.54) is 0 Å². The summed E-state index contributed by atoms with van der Waals surface area (Å²) in [4.78, 5) is 25.1. The first-order chi connectivity index (χ1) is 10.7. The van der Waals surface area contributed by atoms with E-state index in [4.69, 9.17) is 0 Å². The average molecular weight is 318 g/mol. The molecule has 3 nitrogen and oxygen atoms in total. The highest BCUT2D eigenvalue weighted by Gasteiger charge is 2.65. The summed E-state index contributed by atoms with van der Waals surface area (Å²) in [5, 5.41) is 10.9. The zero-order valence-electron chi connectivity index (χ0n) is 14.7. The van der Waals surface area contributed by atoms with Crippen molar-refractivity contribution in [3.63, 3.8) is 0 Å². The minimum atomic E-state index is -0.710. The number of aliphatic hydroxyl groups is 1. The smallest absolute Gasteiger partial charge is 0.137 e. The quantitative estimate of drug-likeness (QED) is 0.743. The van der Waals surface area contributed by atoms with E-state index in [-0.39, 0.29) is 16.7 Å². The Balaban J connectivity index is 1.72. The maximum atomic E-state index is 13.2. The molecular weight excluding hydrogens is 288 g/mol. The number of Topliss-reactive ketones (excluding diaryl/α,β-unsaturated/α-hetero) is 2. The summed E-state index contributed by atoms with van der Waals surface area (Å²) in [7, 11) is 0. The van der Waals surface area contributed by atoms with Gasteiger partial charge in [0.25, 0.3) is 0 Å². The molecule has 0 saturated heterocycles. The Labute approximate surface area is 139 Å². The van der Waals surface area contributed by atoms with Crippen LogP contribution in [0.1, 0.15) is 72.1 Å². The lowest BCUT2D eigenvalue weighted by Gasteiger charge is -2.59. The zero-order valence-corrected chi connectivity index (χ0v) is 14.7. The van der Waals surface area contributed by atoms with E-state index in [1.54, 1.807) is 0 Å². The van der Waals surface area contributed by atoms with Crippen molar-refractivity contribution >= 4 is 11.6 Å². The topological polar surface area (TPSA) is 54.4 Å². The molecule has 4 aliphatic rings. The van der Waals surface area contributed by atoms with Crippen LogP contribution in [0.4, 0.5) is 0 Å². The fourth-order valence-electron chi connectivity index (χ4n) is 7.07. The maximum absolute atomic E-state index is 13.2. The van der Waals surface area contributed by atoms with E-state index < -0.39 is 5.60 Å². The van der Waals surface area contributed by atoms with Gasteiger partial charge in [-0.3, -0.25) is 9.59 Å². The van der Waals surface area contributed by atoms with Crippen molar-refractivity contribution < 1.29 is 14.7 Å². The van der Waals surface area contributed by atoms with E-state index in [0.29, 0.717) is 48.6 Å². The monoisotopic (exact) mass is 318 g/mol. The second kappa shape index (κ2) is 4.68. The van der Waals surface area contributed by atoms with Crippen LogP contribution < -0.4 is 0 Å². The van der Waals surface area contributed by atoms with Crippen LogP contribution in [0.15, 0.2) is 0 Å². The van der Waals surface area contributed by atoms with E-state index >= 15 is 0 Å². The number of hydrogen-bond acceptors (Lipinski definition) is 3. The van der Waals surface area contributed by atoms with E-state index in [9.17, 15) is 14.7 Å². The standard InChI is InChI=1S/C20H30O3/c1-18-8-6-13(21)10-12(18)4-5-14-15-7-9-20(3,23)19(15,2)11-16(22)17(14)18/h12,14-15,17,23H,4-11H2,1-3H3/t12-,14+,15+,17-,18+,19+,20+/m1/s1. The van der Waals surface area contributed by atoms with Crippen LogP contribution >= 0.6 is 0 Å². The van der Waals surface area contributed by atoms with Gasteiger partial charge in [-0.25, -0.2) is 0 Å². The third kappa shape index (κ3) is 1.92. The molecule has 0 bridgehead atoms. The van der Waals surface area contributed by atoms with Gasteiger partial charge in [0.2, 0.25) is 0 Å². The minimum absolute atomic E-state index is 0.0175. The van der Waals surface area contributed by atoms with Gasteiger partial charge in [0.1, 0.15) is 11.6 Å². The lowest BCUT2D eigenvalue weighted by Crippen LogP contribution is -2.59. The largest absolute Gasteiger partial charge is 0.390 e. The van der Waals surface area contributed by atoms with Crippen molar-refractivity contribution in [2.45, 2.75) is 77.7 Å². The van der Waals surface area contributed by atoms with Gasteiger partial charge < -0.3 is 5.11 Å². The molecule has 128 valence electrons. The zero-order chi connectivity index (χ0) is 16.6. The van der Waals surface area contributed by atoms with E-state index in [2.05, 4.69) is 13.8 Å². The third-order valence-corrected chi connectivity index (χ3v) is 8.73. The second-order valence-electron chi connectivity index (χ2n) is 9.64. The molecule has 4 aliphatic carbocycles. The van der Waals surface area contributed by atoms with Crippen molar-refractivity contribution in [3.8, 4) is 0 Å². The fraction of sp³-hybridized carbons (Fsp3) is 0.900. The lowest BCUT2D eigenvalue weighted by atomic mass is 9.44. The molecule has 0 radical (unpaired) electrons. The molecule has 0 aromatic heterocycles. The maximum Gasteiger partial charge on any atom is 0.137 e. The summed E-state index contributed by atoms with van der Waals surface area (Å²) >= 11 is 0. The minimum Gasteiger partial charge on any atom is -0.390 e. The van der Waals surface area contributed by atoms with E-state index in [0.717, 1.165) is 32.1 Å². The molecule has 4 rings (SSSR count). The summed E-state index contributed by atoms with van der Waals surface area (Å²) in [6.45, 7) is 6.37. The van der Waals surface area contributed by atoms with Gasteiger partial charge in [-0.2, -0.15) is 0 Å². The molecular formula is C20H30O3. The van der Waals surface area contributed by atoms with Crippen molar-refractivity contribution in [1.29, 1.82) is 0 Å². The number of rotatable bonds is 0. The summed E-state index contributed by atoms with van der Waals surface area (Å²) in [6, 6.07) is 0. The Morgan fingerprint density at radius 3 is 2.52 bits per heavy atom. The van der Waals surface area contributed by atoms with Gasteiger partial charge in [-0.15, -0.1) is 0 Å². The Kier molecular flexibility index (Phi) is 3.22. The molecule has 7 atom stereocenters. The summed E-state index contributed by atoms with van der Waals surface area (Å²) in [6.07, 6.45) is 6.80. The molecule has 0 amide bonds. The summed E-state index contributed by atoms with van der Waals surface area (Å²) in [5.74, 6) is 2.18. The van der Waals surface area contributed by atoms with Gasteiger partial charge >= 0.3 is 0 Å². The van der Waals surface area contributed by atoms with Crippen LogP contribution in [0.5, 0.6) is 0 Å². The van der Waals surface area contributed by atoms with Crippen LogP contribution in [0.2, 0.25) is 0 Å². The molecule has 4 saturated carbocycles. The molecule has 3 heteroatoms. The Bertz CT molecular complexity index is 565. The summed E-state index contributed by atoms with van der Waals surface area (Å²) in [5.41, 5.74) is -0.943. The highest BCUT2D eigenvalue weighted by molar-refractivity contribution is 5.86. The highest BCUT2D eigenvalue weighted by Crippen LogP contribution is 2.66. The van der Waals surface area contributed by atoms with Crippen LogP contribution in [0.3, 0.4) is 0 Å². The molecule has 0 aliphatic heterocycles. The molecule has 0 heterocycles. The van der Waals surface area contributed by atoms with Crippen LogP contribution in [-0.2, 0) is 9.59 Å². The molecule has 0 spiro atoms. The van der Waals surface area contributed by atoms with Crippen molar-refractivity contribution in [3.05, 3.63) is 0 Å². The number of carbonyl (C=O) groups is 2. The Morgan fingerprint density at radius 1 is 1.04 bits per heavy atom. The molecule has 4 fully saturated rings. The van der Waals surface area contributed by atoms with Crippen LogP contribution in [0.25, 0.3) is 0 Å². The predicted molar refractivity (Wildman–Crippen MR) is 87.7 cm³/mol. The van der Waals surface area contributed by atoms with Gasteiger partial charge in [-0.1, -0.05) is 13.8 Å². The molecule has 0 unspecified atom stereocenters. The van der Waals surface area contributed by atoms with Crippen molar-refractivity contribution in [2.75, 3.05) is 0 Å². The van der Waals surface area contributed by atoms with Crippen molar-refractivity contribution in [1.82, 2.24) is 0 Å². The first-order valence-electron chi connectivity index (χ1n) is 9.46. The number of carbonyl (C=O) groups excluding carboxylic acids is 2. The summed E-state index contributed by atoms with van der Waals surface area (Å²) < 4.78 is 0. The first-order valence-corrected chi connectivity index (χ1v) is 9.46. The predicted octanol–water partition coefficient (Wildman–Crippen LogP) is 3.53. The van der Waals surface area contributed by atoms with E-state index in [1.807, 2.05) is 6.92 Å². The Morgan fingerprint density at radius 2 is 1.78 bits per heavy atom. The second-order valence-corrected chi connectivity index (χ2v) is 9.64. The van der Waals surface area contributed by atoms with Gasteiger partial charge in [0.15, 0.2) is 0 Å². The lowest BCUT2D eigenvalue weighted by molar-refractivity contribution is -0.170. The molecule has 23 heavy (non-hydrogen) atoms. The fourth-order valence-corrected chi connectivity index (χ4v) is 7.07. The van der Waals surface area contributed by atoms with Gasteiger partial charge in [0, 0.05) is 30.6 Å². The Hall–Kier alpha value is -0.700. The molecule has 1 N–H and O–H groups in total. The van der Waals surface area contributed by atoms with Crippen molar-refractivity contribution in [2.24, 2.45) is 34.5 Å². The molecule has 0 aromatic carbocycles. The number of fused-ring (bicyclic) bond motifs is 5. The first kappa shape index (κ1) is 15.8. The van der Waals surface area contributed by atoms with Gasteiger partial charge in [-0.05, 0) is 62.2 Å². The normalized spacial score (nSPS) is 56.0. The molecule has 0 aromatic rings.